The van der Waals surface area contributed by atoms with Crippen molar-refractivity contribution in [3.8, 4) is 0 Å². The van der Waals surface area contributed by atoms with Gasteiger partial charge in [-0.05, 0) is 12.8 Å². The number of hydrogen-bond acceptors (Lipinski definition) is 14. The molecule has 8 atom stereocenters. The molecule has 1 fully saturated rings. The van der Waals surface area contributed by atoms with E-state index in [9.17, 15) is 54.2 Å². The highest BCUT2D eigenvalue weighted by atomic mass is 31.2. The standard InChI is InChI=1S/C54H103N2O15P/c1-4-6-8-10-12-14-16-18-20-22-24-26-28-30-32-34-46(59)40-45(47(60)35-33-31-29-27-25-23-21-19-17-15-13-11-9-7-5-2)43-70-72(66,67)69-39-37-55-36-38-68-54(53(64)65)41-48(61)50(56-44(3)58)52(71-54)51(63)49(62)42-57/h45,48-52,55,57,61-63H,4-43H2,1-3H3,(H,56,58)(H,64,65)(H,66,67)/t45-,48-,49+,50+,51+,52+,54+/m0/s1. The van der Waals surface area contributed by atoms with Crippen LogP contribution in [0.25, 0.3) is 0 Å². The van der Waals surface area contributed by atoms with Crippen LogP contribution in [0, 0.1) is 5.92 Å². The molecule has 0 spiro atoms. The lowest BCUT2D eigenvalue weighted by Crippen LogP contribution is -2.68. The van der Waals surface area contributed by atoms with Crippen LogP contribution in [-0.4, -0.2) is 130 Å². The number of phosphoric acid groups is 1. The van der Waals surface area contributed by atoms with Crippen molar-refractivity contribution in [2.45, 2.75) is 275 Å². The number of amides is 1. The van der Waals surface area contributed by atoms with Gasteiger partial charge < -0.3 is 50.5 Å². The minimum absolute atomic E-state index is 0.0191. The van der Waals surface area contributed by atoms with Gasteiger partial charge in [0.25, 0.3) is 5.79 Å². The van der Waals surface area contributed by atoms with Crippen LogP contribution in [0.4, 0.5) is 0 Å². The van der Waals surface area contributed by atoms with Crippen LogP contribution in [-0.2, 0) is 42.3 Å². The number of carbonyl (C=O) groups excluding carboxylic acids is 3. The van der Waals surface area contributed by atoms with Crippen LogP contribution in [0.1, 0.15) is 239 Å². The molecule has 72 heavy (non-hydrogen) atoms. The quantitative estimate of drug-likeness (QED) is 0.0208. The maximum atomic E-state index is 13.5. The summed E-state index contributed by atoms with van der Waals surface area (Å²) in [4.78, 5) is 61.3. The van der Waals surface area contributed by atoms with E-state index in [4.69, 9.17) is 18.5 Å². The summed E-state index contributed by atoms with van der Waals surface area (Å²) in [5.74, 6) is -5.89. The lowest BCUT2D eigenvalue weighted by atomic mass is 9.88. The minimum Gasteiger partial charge on any atom is -0.477 e. The molecule has 0 radical (unpaired) electrons. The monoisotopic (exact) mass is 1050 g/mol. The second kappa shape index (κ2) is 43.2. The number of ketones is 2. The Morgan fingerprint density at radius 2 is 1.10 bits per heavy atom. The molecule has 0 bridgehead atoms. The van der Waals surface area contributed by atoms with Crippen LogP contribution in [0.5, 0.6) is 0 Å². The Morgan fingerprint density at radius 3 is 1.53 bits per heavy atom. The van der Waals surface area contributed by atoms with Crippen molar-refractivity contribution in [3.63, 3.8) is 0 Å². The van der Waals surface area contributed by atoms with Crippen molar-refractivity contribution in [1.82, 2.24) is 10.6 Å². The molecule has 1 aliphatic heterocycles. The second-order valence-electron chi connectivity index (χ2n) is 20.4. The van der Waals surface area contributed by atoms with E-state index >= 15 is 0 Å². The molecule has 1 saturated heterocycles. The van der Waals surface area contributed by atoms with E-state index in [0.717, 1.165) is 51.9 Å². The number of aliphatic carboxylic acids is 1. The van der Waals surface area contributed by atoms with Crippen molar-refractivity contribution >= 4 is 31.3 Å². The molecule has 1 amide bonds. The molecular formula is C54H103N2O15P. The van der Waals surface area contributed by atoms with E-state index in [1.807, 2.05) is 0 Å². The predicted molar refractivity (Wildman–Crippen MR) is 280 cm³/mol. The maximum Gasteiger partial charge on any atom is 0.472 e. The highest BCUT2D eigenvalue weighted by Crippen LogP contribution is 2.43. The molecule has 0 aromatic carbocycles. The zero-order valence-electron chi connectivity index (χ0n) is 45.1. The molecule has 8 N–H and O–H groups in total. The predicted octanol–water partition coefficient (Wildman–Crippen LogP) is 9.54. The summed E-state index contributed by atoms with van der Waals surface area (Å²) >= 11 is 0. The molecule has 0 saturated carbocycles. The van der Waals surface area contributed by atoms with Gasteiger partial charge in [-0.25, -0.2) is 9.36 Å². The average molecular weight is 1050 g/mol. The Labute approximate surface area is 434 Å². The summed E-state index contributed by atoms with van der Waals surface area (Å²) in [6, 6.07) is -1.34. The number of aliphatic hydroxyl groups excluding tert-OH is 4. The smallest absolute Gasteiger partial charge is 0.472 e. The maximum absolute atomic E-state index is 13.5. The molecule has 18 heteroatoms. The summed E-state index contributed by atoms with van der Waals surface area (Å²) in [6.07, 6.45) is 29.2. The van der Waals surface area contributed by atoms with Gasteiger partial charge in [-0.15, -0.1) is 0 Å². The third kappa shape index (κ3) is 33.2. The Hall–Kier alpha value is -1.89. The number of hydrogen-bond donors (Lipinski definition) is 8. The minimum atomic E-state index is -4.65. The second-order valence-corrected chi connectivity index (χ2v) is 21.8. The van der Waals surface area contributed by atoms with Gasteiger partial charge in [0.2, 0.25) is 5.91 Å². The number of rotatable bonds is 51. The van der Waals surface area contributed by atoms with Crippen LogP contribution in [0.15, 0.2) is 0 Å². The van der Waals surface area contributed by atoms with Gasteiger partial charge in [0.05, 0.1) is 38.6 Å². The molecule has 1 unspecified atom stereocenters. The van der Waals surface area contributed by atoms with Gasteiger partial charge in [-0.1, -0.05) is 194 Å². The van der Waals surface area contributed by atoms with Crippen LogP contribution in [0.2, 0.25) is 0 Å². The van der Waals surface area contributed by atoms with Crippen molar-refractivity contribution in [2.24, 2.45) is 5.92 Å². The normalized spacial score (nSPS) is 20.2. The molecule has 0 aromatic heterocycles. The average Bonchev–Trinajstić information content (AvgIpc) is 3.34. The largest absolute Gasteiger partial charge is 0.477 e. The number of carboxylic acid groups (broad SMARTS) is 1. The number of aliphatic hydroxyl groups is 4. The number of Topliss-reactive ketones (excluding diaryl/α,β-unsaturated/α-hetero) is 2. The van der Waals surface area contributed by atoms with E-state index in [2.05, 4.69) is 24.5 Å². The number of ether oxygens (including phenoxy) is 2. The first kappa shape index (κ1) is 68.1. The van der Waals surface area contributed by atoms with E-state index in [1.54, 1.807) is 0 Å². The summed E-state index contributed by atoms with van der Waals surface area (Å²) in [5.41, 5.74) is 0. The van der Waals surface area contributed by atoms with Gasteiger partial charge >= 0.3 is 13.8 Å². The highest BCUT2D eigenvalue weighted by Gasteiger charge is 2.55. The van der Waals surface area contributed by atoms with Gasteiger partial charge in [-0.3, -0.25) is 23.4 Å². The molecule has 0 aromatic rings. The van der Waals surface area contributed by atoms with Gasteiger partial charge in [0.1, 0.15) is 29.9 Å². The number of nitrogens with one attached hydrogen (secondary N) is 2. The van der Waals surface area contributed by atoms with Crippen molar-refractivity contribution in [2.75, 3.05) is 39.5 Å². The Kier molecular flexibility index (Phi) is 40.9. The van der Waals surface area contributed by atoms with Crippen LogP contribution < -0.4 is 10.6 Å². The number of carbonyl (C=O) groups is 4. The Morgan fingerprint density at radius 1 is 0.667 bits per heavy atom. The van der Waals surface area contributed by atoms with E-state index in [-0.39, 0.29) is 50.7 Å². The third-order valence-corrected chi connectivity index (χ3v) is 14.8. The first-order chi connectivity index (χ1) is 34.6. The van der Waals surface area contributed by atoms with Gasteiger partial charge in [-0.2, -0.15) is 0 Å². The molecule has 0 aliphatic carbocycles. The lowest BCUT2D eigenvalue weighted by Gasteiger charge is -2.46. The number of phosphoric ester groups is 1. The fourth-order valence-electron chi connectivity index (χ4n) is 9.36. The molecule has 1 aliphatic rings. The van der Waals surface area contributed by atoms with Crippen LogP contribution >= 0.6 is 7.82 Å². The van der Waals surface area contributed by atoms with Crippen molar-refractivity contribution in [1.29, 1.82) is 0 Å². The molecule has 17 nitrogen and oxygen atoms in total. The fourth-order valence-corrected chi connectivity index (χ4v) is 10.1. The summed E-state index contributed by atoms with van der Waals surface area (Å²) in [7, 11) is -4.65. The summed E-state index contributed by atoms with van der Waals surface area (Å²) in [6.45, 7) is 3.56. The third-order valence-electron chi connectivity index (χ3n) is 13.8. The zero-order valence-corrected chi connectivity index (χ0v) is 45.9. The molecule has 1 rings (SSSR count). The highest BCUT2D eigenvalue weighted by molar-refractivity contribution is 7.47. The topological polar surface area (TPSA) is 268 Å². The number of unbranched alkanes of at least 4 members (excludes halogenated alkanes) is 28. The first-order valence-electron chi connectivity index (χ1n) is 28.5. The molecular weight excluding hydrogens is 948 g/mol. The lowest BCUT2D eigenvalue weighted by molar-refractivity contribution is -0.310. The fraction of sp³-hybridized carbons (Fsp3) is 0.926. The SMILES string of the molecule is CCCCCCCCCCCCCCCCCC(=O)C[C@@H](COP(=O)(O)OCCNCCO[C@]1(C(=O)O)C[C@H](O)[C@@H](NC(C)=O)[C@H]([C@H](O)[C@H](O)CO)O1)C(=O)CCCCCCCCCCCCCCCCC. The van der Waals surface area contributed by atoms with E-state index in [0.29, 0.717) is 12.8 Å². The summed E-state index contributed by atoms with van der Waals surface area (Å²) < 4.78 is 34.5. The number of carboxylic acids is 1. The van der Waals surface area contributed by atoms with Crippen molar-refractivity contribution in [3.05, 3.63) is 0 Å². The van der Waals surface area contributed by atoms with Gasteiger partial charge in [0.15, 0.2) is 0 Å². The van der Waals surface area contributed by atoms with E-state index in [1.165, 1.54) is 141 Å². The molecule has 424 valence electrons. The van der Waals surface area contributed by atoms with Gasteiger partial charge in [0, 0.05) is 51.6 Å². The Bertz CT molecular complexity index is 1440. The Balaban J connectivity index is 2.59. The zero-order chi connectivity index (χ0) is 53.3. The summed E-state index contributed by atoms with van der Waals surface area (Å²) in [5, 5.41) is 56.0. The van der Waals surface area contributed by atoms with Crippen molar-refractivity contribution < 1.29 is 72.7 Å². The van der Waals surface area contributed by atoms with Crippen LogP contribution in [0.3, 0.4) is 0 Å². The first-order valence-corrected chi connectivity index (χ1v) is 30.0. The van der Waals surface area contributed by atoms with E-state index < -0.39 is 81.5 Å². The molecule has 1 heterocycles.